The first-order valence-electron chi connectivity index (χ1n) is 10.6. The minimum absolute atomic E-state index is 0.397. The van der Waals surface area contributed by atoms with Crippen molar-refractivity contribution >= 4 is 16.9 Å². The Kier molecular flexibility index (Phi) is 6.42. The number of benzene rings is 1. The number of ether oxygens (including phenoxy) is 1. The van der Waals surface area contributed by atoms with Crippen LogP contribution in [0.3, 0.4) is 0 Å². The van der Waals surface area contributed by atoms with E-state index in [1.807, 2.05) is 56.3 Å². The van der Waals surface area contributed by atoms with Crippen LogP contribution in [0.25, 0.3) is 33.4 Å². The molecule has 0 aliphatic rings. The lowest BCUT2D eigenvalue weighted by Gasteiger charge is -2.10. The second kappa shape index (κ2) is 9.57. The van der Waals surface area contributed by atoms with Gasteiger partial charge in [0.1, 0.15) is 5.69 Å². The topological polar surface area (TPSA) is 119 Å². The highest BCUT2D eigenvalue weighted by Gasteiger charge is 2.16. The van der Waals surface area contributed by atoms with E-state index in [-0.39, 0.29) is 0 Å². The maximum atomic E-state index is 10.8. The SMILES string of the molecule is CCOCc1nc(-c2ccc(CCNC(N)=O)cc2)cc2[nH]nc(-c3ccnc(C)c3)c12. The van der Waals surface area contributed by atoms with E-state index < -0.39 is 6.03 Å². The Labute approximate surface area is 186 Å². The quantitative estimate of drug-likeness (QED) is 0.393. The number of aromatic amines is 1. The van der Waals surface area contributed by atoms with E-state index in [4.69, 9.17) is 15.5 Å². The molecule has 0 saturated carbocycles. The summed E-state index contributed by atoms with van der Waals surface area (Å²) in [6, 6.07) is 13.6. The summed E-state index contributed by atoms with van der Waals surface area (Å²) in [5.74, 6) is 0. The van der Waals surface area contributed by atoms with Crippen molar-refractivity contribution in [3.63, 3.8) is 0 Å². The van der Waals surface area contributed by atoms with E-state index in [2.05, 4.69) is 20.5 Å². The number of amides is 2. The largest absolute Gasteiger partial charge is 0.375 e. The third kappa shape index (κ3) is 4.76. The monoisotopic (exact) mass is 430 g/mol. The molecule has 0 fully saturated rings. The first-order valence-corrected chi connectivity index (χ1v) is 10.6. The number of pyridine rings is 2. The lowest BCUT2D eigenvalue weighted by Crippen LogP contribution is -2.30. The van der Waals surface area contributed by atoms with Gasteiger partial charge in [-0.25, -0.2) is 9.78 Å². The fraction of sp³-hybridized carbons (Fsp3) is 0.250. The van der Waals surface area contributed by atoms with Crippen LogP contribution in [0, 0.1) is 6.92 Å². The van der Waals surface area contributed by atoms with Gasteiger partial charge in [0.25, 0.3) is 0 Å². The van der Waals surface area contributed by atoms with Crippen LogP contribution >= 0.6 is 0 Å². The van der Waals surface area contributed by atoms with Gasteiger partial charge in [-0.2, -0.15) is 5.10 Å². The van der Waals surface area contributed by atoms with Crippen LogP contribution in [0.15, 0.2) is 48.7 Å². The van der Waals surface area contributed by atoms with Crippen LogP contribution in [0.1, 0.15) is 23.9 Å². The van der Waals surface area contributed by atoms with Crippen molar-refractivity contribution in [2.75, 3.05) is 13.2 Å². The van der Waals surface area contributed by atoms with Gasteiger partial charge >= 0.3 is 6.03 Å². The Morgan fingerprint density at radius 1 is 1.16 bits per heavy atom. The van der Waals surface area contributed by atoms with Crippen LogP contribution in [0.5, 0.6) is 0 Å². The molecule has 0 bridgehead atoms. The second-order valence-electron chi connectivity index (χ2n) is 7.51. The predicted molar refractivity (Wildman–Crippen MR) is 124 cm³/mol. The van der Waals surface area contributed by atoms with E-state index >= 15 is 0 Å². The molecule has 2 amide bonds. The van der Waals surface area contributed by atoms with Crippen LogP contribution in [-0.2, 0) is 17.8 Å². The van der Waals surface area contributed by atoms with E-state index in [1.54, 1.807) is 6.20 Å². The number of hydrogen-bond donors (Lipinski definition) is 3. The van der Waals surface area contributed by atoms with Crippen molar-refractivity contribution in [3.8, 4) is 22.5 Å². The standard InChI is InChI=1S/C24H26N6O2/c1-3-32-14-21-22-20(29-30-23(22)18-9-11-26-15(2)12-18)13-19(28-21)17-6-4-16(5-7-17)8-10-27-24(25)31/h4-7,9,11-13H,3,8,10,14H2,1-2H3,(H,29,30)(H3,25,27,31). The average Bonchev–Trinajstić information content (AvgIpc) is 3.22. The number of carbonyl (C=O) groups is 1. The lowest BCUT2D eigenvalue weighted by molar-refractivity contribution is 0.132. The molecule has 4 rings (SSSR count). The smallest absolute Gasteiger partial charge is 0.312 e. The maximum Gasteiger partial charge on any atom is 0.312 e. The summed E-state index contributed by atoms with van der Waals surface area (Å²) in [6.45, 7) is 5.43. The zero-order chi connectivity index (χ0) is 22.5. The number of nitrogens with zero attached hydrogens (tertiary/aromatic N) is 3. The highest BCUT2D eigenvalue weighted by molar-refractivity contribution is 5.96. The van der Waals surface area contributed by atoms with Gasteiger partial charge in [0, 0.05) is 36.2 Å². The summed E-state index contributed by atoms with van der Waals surface area (Å²) >= 11 is 0. The molecule has 0 saturated heterocycles. The number of aryl methyl sites for hydroxylation is 1. The van der Waals surface area contributed by atoms with Gasteiger partial charge in [0.15, 0.2) is 0 Å². The molecule has 0 spiro atoms. The number of rotatable bonds is 8. The van der Waals surface area contributed by atoms with E-state index in [1.165, 1.54) is 0 Å². The molecule has 32 heavy (non-hydrogen) atoms. The van der Waals surface area contributed by atoms with Gasteiger partial charge < -0.3 is 15.8 Å². The van der Waals surface area contributed by atoms with E-state index in [0.717, 1.165) is 50.4 Å². The van der Waals surface area contributed by atoms with Gasteiger partial charge in [0.05, 0.1) is 28.9 Å². The maximum absolute atomic E-state index is 10.8. The Bertz CT molecular complexity index is 1230. The van der Waals surface area contributed by atoms with Crippen molar-refractivity contribution in [2.24, 2.45) is 5.73 Å². The lowest BCUT2D eigenvalue weighted by atomic mass is 10.0. The molecule has 0 atom stereocenters. The van der Waals surface area contributed by atoms with Crippen molar-refractivity contribution in [3.05, 3.63) is 65.6 Å². The third-order valence-electron chi connectivity index (χ3n) is 5.19. The second-order valence-corrected chi connectivity index (χ2v) is 7.51. The van der Waals surface area contributed by atoms with Crippen LogP contribution in [0.2, 0.25) is 0 Å². The summed E-state index contributed by atoms with van der Waals surface area (Å²) in [4.78, 5) is 20.0. The molecule has 8 nitrogen and oxygen atoms in total. The number of carbonyl (C=O) groups excluding carboxylic acids is 1. The minimum Gasteiger partial charge on any atom is -0.375 e. The first-order chi connectivity index (χ1) is 15.5. The average molecular weight is 431 g/mol. The molecule has 1 aromatic carbocycles. The highest BCUT2D eigenvalue weighted by Crippen LogP contribution is 2.32. The number of aromatic nitrogens is 4. The van der Waals surface area contributed by atoms with Gasteiger partial charge in [-0.05, 0) is 44.0 Å². The normalized spacial score (nSPS) is 11.1. The number of nitrogens with one attached hydrogen (secondary N) is 2. The molecule has 4 N–H and O–H groups in total. The predicted octanol–water partition coefficient (Wildman–Crippen LogP) is 3.74. The molecule has 4 aromatic rings. The Balaban J connectivity index is 1.69. The zero-order valence-electron chi connectivity index (χ0n) is 18.2. The molecule has 0 radical (unpaired) electrons. The van der Waals surface area contributed by atoms with E-state index in [9.17, 15) is 4.79 Å². The number of hydrogen-bond acceptors (Lipinski definition) is 5. The van der Waals surface area contributed by atoms with Crippen LogP contribution in [0.4, 0.5) is 4.79 Å². The molecule has 0 aliphatic carbocycles. The molecule has 3 aromatic heterocycles. The number of urea groups is 1. The molecule has 164 valence electrons. The summed E-state index contributed by atoms with van der Waals surface area (Å²) < 4.78 is 5.72. The van der Waals surface area contributed by atoms with Crippen LogP contribution < -0.4 is 11.1 Å². The summed E-state index contributed by atoms with van der Waals surface area (Å²) in [6.07, 6.45) is 2.50. The zero-order valence-corrected chi connectivity index (χ0v) is 18.2. The fourth-order valence-corrected chi connectivity index (χ4v) is 3.65. The molecular formula is C24H26N6O2. The van der Waals surface area contributed by atoms with Crippen molar-refractivity contribution in [2.45, 2.75) is 26.9 Å². The Morgan fingerprint density at radius 2 is 1.97 bits per heavy atom. The molecule has 0 unspecified atom stereocenters. The summed E-state index contributed by atoms with van der Waals surface area (Å²) in [5, 5.41) is 11.3. The Morgan fingerprint density at radius 3 is 2.69 bits per heavy atom. The third-order valence-corrected chi connectivity index (χ3v) is 5.19. The molecular weight excluding hydrogens is 404 g/mol. The number of H-pyrrole nitrogens is 1. The Hall–Kier alpha value is -3.78. The molecule has 0 aliphatic heterocycles. The summed E-state index contributed by atoms with van der Waals surface area (Å²) in [5.41, 5.74) is 12.6. The van der Waals surface area contributed by atoms with Gasteiger partial charge in [-0.3, -0.25) is 10.1 Å². The van der Waals surface area contributed by atoms with Crippen molar-refractivity contribution in [1.29, 1.82) is 0 Å². The van der Waals surface area contributed by atoms with E-state index in [0.29, 0.717) is 26.2 Å². The van der Waals surface area contributed by atoms with Crippen LogP contribution in [-0.4, -0.2) is 39.3 Å². The molecule has 8 heteroatoms. The number of fused-ring (bicyclic) bond motifs is 1. The minimum atomic E-state index is -0.512. The van der Waals surface area contributed by atoms with Crippen molar-refractivity contribution in [1.82, 2.24) is 25.5 Å². The molecule has 3 heterocycles. The first kappa shape index (κ1) is 21.5. The number of primary amides is 1. The van der Waals surface area contributed by atoms with Crippen molar-refractivity contribution < 1.29 is 9.53 Å². The van der Waals surface area contributed by atoms with Gasteiger partial charge in [-0.1, -0.05) is 24.3 Å². The van der Waals surface area contributed by atoms with Gasteiger partial charge in [0.2, 0.25) is 0 Å². The number of nitrogens with two attached hydrogens (primary N) is 1. The summed E-state index contributed by atoms with van der Waals surface area (Å²) in [7, 11) is 0. The fourth-order valence-electron chi connectivity index (χ4n) is 3.65. The van der Waals surface area contributed by atoms with Gasteiger partial charge in [-0.15, -0.1) is 0 Å². The highest BCUT2D eigenvalue weighted by atomic mass is 16.5.